The molecule has 0 saturated carbocycles. The van der Waals surface area contributed by atoms with E-state index in [4.69, 9.17) is 21.7 Å². The number of nitrogens with zero attached hydrogens (tertiary/aromatic N) is 2. The molecule has 0 fully saturated rings. The highest BCUT2D eigenvalue weighted by molar-refractivity contribution is 5.88. The topological polar surface area (TPSA) is 218 Å². The molecular formula is C11H14N6O6. The van der Waals surface area contributed by atoms with Gasteiger partial charge in [-0.3, -0.25) is 19.6 Å². The molecule has 0 unspecified atom stereocenters. The van der Waals surface area contributed by atoms with Gasteiger partial charge in [-0.05, 0) is 12.1 Å². The molecule has 2 rings (SSSR count). The summed E-state index contributed by atoms with van der Waals surface area (Å²) in [4.78, 5) is 50.6. The minimum absolute atomic E-state index is 0.338. The van der Waals surface area contributed by atoms with Gasteiger partial charge in [-0.1, -0.05) is 0 Å². The smallest absolute Gasteiger partial charge is 0.346 e. The first-order chi connectivity index (χ1) is 10.7. The monoisotopic (exact) mass is 326 g/mol. The molecule has 23 heavy (non-hydrogen) atoms. The maximum Gasteiger partial charge on any atom is 0.346 e. The highest BCUT2D eigenvalue weighted by Crippen LogP contribution is 1.83. The molecule has 0 saturated heterocycles. The average molecular weight is 326 g/mol. The zero-order valence-corrected chi connectivity index (χ0v) is 11.6. The van der Waals surface area contributed by atoms with Gasteiger partial charge in [-0.2, -0.15) is 0 Å². The SMILES string of the molecule is Nc1ccnc(=O)[nH]1.Nc1ccnc(=O)[nH]1.O=C(O)CC(=O)O. The van der Waals surface area contributed by atoms with E-state index in [9.17, 15) is 19.2 Å². The lowest BCUT2D eigenvalue weighted by Gasteiger charge is -1.84. The van der Waals surface area contributed by atoms with Gasteiger partial charge in [0.1, 0.15) is 18.1 Å². The highest BCUT2D eigenvalue weighted by atomic mass is 16.4. The molecule has 0 aliphatic rings. The molecule has 8 N–H and O–H groups in total. The predicted octanol–water partition coefficient (Wildman–Crippen LogP) is -1.75. The second-order valence-electron chi connectivity index (χ2n) is 3.62. The molecule has 0 bridgehead atoms. The maximum atomic E-state index is 10.2. The predicted molar refractivity (Wildman–Crippen MR) is 78.4 cm³/mol. The first kappa shape index (κ1) is 19.3. The molecule has 0 aliphatic heterocycles. The fourth-order valence-corrected chi connectivity index (χ4v) is 0.895. The second-order valence-corrected chi connectivity index (χ2v) is 3.62. The summed E-state index contributed by atoms with van der Waals surface area (Å²) in [6.07, 6.45) is 1.91. The quantitative estimate of drug-likeness (QED) is 0.341. The molecule has 0 amide bonds. The third-order valence-corrected chi connectivity index (χ3v) is 1.70. The van der Waals surface area contributed by atoms with Gasteiger partial charge >= 0.3 is 23.3 Å². The summed E-state index contributed by atoms with van der Waals surface area (Å²) in [5.41, 5.74) is 9.50. The number of hydrogen-bond donors (Lipinski definition) is 6. The van der Waals surface area contributed by atoms with Crippen LogP contribution in [-0.4, -0.2) is 42.1 Å². The molecule has 0 aliphatic carbocycles. The number of aromatic amines is 2. The lowest BCUT2D eigenvalue weighted by molar-refractivity contribution is -0.147. The van der Waals surface area contributed by atoms with Crippen molar-refractivity contribution in [3.63, 3.8) is 0 Å². The molecule has 12 nitrogen and oxygen atoms in total. The zero-order chi connectivity index (χ0) is 17.8. The third-order valence-electron chi connectivity index (χ3n) is 1.70. The number of anilines is 2. The number of aromatic nitrogens is 4. The second kappa shape index (κ2) is 10.1. The minimum Gasteiger partial charge on any atom is -0.481 e. The minimum atomic E-state index is -1.31. The van der Waals surface area contributed by atoms with E-state index in [0.29, 0.717) is 11.6 Å². The Hall–Kier alpha value is -3.70. The van der Waals surface area contributed by atoms with Gasteiger partial charge in [0.25, 0.3) is 0 Å². The van der Waals surface area contributed by atoms with Crippen LogP contribution in [0.4, 0.5) is 11.6 Å². The van der Waals surface area contributed by atoms with Gasteiger partial charge in [-0.15, -0.1) is 0 Å². The number of nitrogen functional groups attached to an aromatic ring is 2. The van der Waals surface area contributed by atoms with Crippen LogP contribution in [-0.2, 0) is 9.59 Å². The van der Waals surface area contributed by atoms with Crippen molar-refractivity contribution < 1.29 is 19.8 Å². The van der Waals surface area contributed by atoms with Crippen LogP contribution in [0.2, 0.25) is 0 Å². The molecule has 124 valence electrons. The van der Waals surface area contributed by atoms with E-state index in [0.717, 1.165) is 0 Å². The van der Waals surface area contributed by atoms with Crippen molar-refractivity contribution in [2.75, 3.05) is 11.5 Å². The molecule has 2 aromatic rings. The third kappa shape index (κ3) is 11.8. The van der Waals surface area contributed by atoms with Gasteiger partial charge in [-0.25, -0.2) is 19.6 Å². The Balaban J connectivity index is 0.000000317. The summed E-state index contributed by atoms with van der Waals surface area (Å²) in [6.45, 7) is 0. The number of rotatable bonds is 2. The van der Waals surface area contributed by atoms with Crippen molar-refractivity contribution in [2.24, 2.45) is 0 Å². The van der Waals surface area contributed by atoms with Crippen LogP contribution in [0.15, 0.2) is 34.1 Å². The molecule has 0 radical (unpaired) electrons. The van der Waals surface area contributed by atoms with Gasteiger partial charge < -0.3 is 21.7 Å². The molecule has 12 heteroatoms. The zero-order valence-electron chi connectivity index (χ0n) is 11.6. The number of carboxylic acid groups (broad SMARTS) is 2. The number of hydrogen-bond acceptors (Lipinski definition) is 8. The van der Waals surface area contributed by atoms with Crippen LogP contribution < -0.4 is 22.8 Å². The van der Waals surface area contributed by atoms with E-state index in [1.807, 2.05) is 0 Å². The van der Waals surface area contributed by atoms with Crippen molar-refractivity contribution in [2.45, 2.75) is 6.42 Å². The van der Waals surface area contributed by atoms with Crippen LogP contribution in [0.3, 0.4) is 0 Å². The summed E-state index contributed by atoms with van der Waals surface area (Å²) in [5.74, 6) is -1.95. The molecule has 0 spiro atoms. The van der Waals surface area contributed by atoms with Crippen molar-refractivity contribution in [1.82, 2.24) is 19.9 Å². The maximum absolute atomic E-state index is 10.2. The number of nitrogens with one attached hydrogen (secondary N) is 2. The first-order valence-corrected chi connectivity index (χ1v) is 5.76. The fraction of sp³-hybridized carbons (Fsp3) is 0.0909. The van der Waals surface area contributed by atoms with E-state index in [1.54, 1.807) is 0 Å². The summed E-state index contributed by atoms with van der Waals surface area (Å²) >= 11 is 0. The molecule has 0 atom stereocenters. The van der Waals surface area contributed by atoms with Gasteiger partial charge in [0.2, 0.25) is 0 Å². The standard InChI is InChI=1S/2C4H5N3O.C3H4O4/c2*5-3-1-2-6-4(8)7-3;4-2(5)1-3(6)7/h2*1-2H,(H3,5,6,7,8);1H2,(H,4,5)(H,6,7). The highest BCUT2D eigenvalue weighted by Gasteiger charge is 2.01. The Morgan fingerprint density at radius 1 is 0.913 bits per heavy atom. The van der Waals surface area contributed by atoms with Crippen molar-refractivity contribution in [3.05, 3.63) is 45.5 Å². The summed E-state index contributed by atoms with van der Waals surface area (Å²) in [7, 11) is 0. The molecule has 2 aromatic heterocycles. The van der Waals surface area contributed by atoms with E-state index < -0.39 is 29.7 Å². The lowest BCUT2D eigenvalue weighted by Crippen LogP contribution is -2.10. The summed E-state index contributed by atoms with van der Waals surface area (Å²) in [6, 6.07) is 3.03. The van der Waals surface area contributed by atoms with E-state index in [-0.39, 0.29) is 0 Å². The van der Waals surface area contributed by atoms with Crippen molar-refractivity contribution in [3.8, 4) is 0 Å². The summed E-state index contributed by atoms with van der Waals surface area (Å²) < 4.78 is 0. The normalized spacial score (nSPS) is 8.70. The number of carbonyl (C=O) groups is 2. The Morgan fingerprint density at radius 3 is 1.39 bits per heavy atom. The number of H-pyrrole nitrogens is 2. The first-order valence-electron chi connectivity index (χ1n) is 5.76. The largest absolute Gasteiger partial charge is 0.481 e. The molecular weight excluding hydrogens is 312 g/mol. The van der Waals surface area contributed by atoms with Gasteiger partial charge in [0.15, 0.2) is 0 Å². The van der Waals surface area contributed by atoms with Crippen molar-refractivity contribution in [1.29, 1.82) is 0 Å². The fourth-order valence-electron chi connectivity index (χ4n) is 0.895. The van der Waals surface area contributed by atoms with Gasteiger partial charge in [0.05, 0.1) is 0 Å². The number of carboxylic acids is 2. The van der Waals surface area contributed by atoms with Gasteiger partial charge in [0, 0.05) is 12.4 Å². The van der Waals surface area contributed by atoms with Crippen LogP contribution in [0.5, 0.6) is 0 Å². The summed E-state index contributed by atoms with van der Waals surface area (Å²) in [5, 5.41) is 15.4. The van der Waals surface area contributed by atoms with Crippen molar-refractivity contribution >= 4 is 23.6 Å². The Morgan fingerprint density at radius 2 is 1.26 bits per heavy atom. The van der Waals surface area contributed by atoms with Crippen LogP contribution >= 0.6 is 0 Å². The Bertz CT molecular complexity index is 691. The number of aliphatic carboxylic acids is 2. The Labute approximate surface area is 127 Å². The lowest BCUT2D eigenvalue weighted by atomic mass is 10.5. The molecule has 2 heterocycles. The van der Waals surface area contributed by atoms with Crippen LogP contribution in [0.25, 0.3) is 0 Å². The average Bonchev–Trinajstić information content (AvgIpc) is 2.37. The van der Waals surface area contributed by atoms with E-state index in [2.05, 4.69) is 19.9 Å². The van der Waals surface area contributed by atoms with Crippen LogP contribution in [0.1, 0.15) is 6.42 Å². The van der Waals surface area contributed by atoms with E-state index in [1.165, 1.54) is 24.5 Å². The Kier molecular flexibility index (Phi) is 8.47. The number of nitrogens with two attached hydrogens (primary N) is 2. The molecule has 0 aromatic carbocycles. The van der Waals surface area contributed by atoms with Crippen LogP contribution in [0, 0.1) is 0 Å². The van der Waals surface area contributed by atoms with E-state index >= 15 is 0 Å².